The van der Waals surface area contributed by atoms with Crippen LogP contribution in [0.5, 0.6) is 5.75 Å². The van der Waals surface area contributed by atoms with Crippen molar-refractivity contribution in [2.24, 2.45) is 11.7 Å². The van der Waals surface area contributed by atoms with E-state index in [4.69, 9.17) is 10.5 Å². The number of sulfone groups is 1. The van der Waals surface area contributed by atoms with Crippen molar-refractivity contribution in [3.63, 3.8) is 0 Å². The fourth-order valence-corrected chi connectivity index (χ4v) is 3.29. The van der Waals surface area contributed by atoms with Crippen molar-refractivity contribution in [3.8, 4) is 5.75 Å². The predicted octanol–water partition coefficient (Wildman–Crippen LogP) is 0.643. The minimum atomic E-state index is -3.46. The number of anilines is 1. The summed E-state index contributed by atoms with van der Waals surface area (Å²) in [6, 6.07) is 6.81. The third-order valence-electron chi connectivity index (χ3n) is 2.67. The van der Waals surface area contributed by atoms with Crippen LogP contribution in [0.25, 0.3) is 0 Å². The van der Waals surface area contributed by atoms with Gasteiger partial charge in [-0.25, -0.2) is 8.42 Å². The minimum Gasteiger partial charge on any atom is -0.495 e. The molecule has 0 heterocycles. The van der Waals surface area contributed by atoms with Gasteiger partial charge in [0.2, 0.25) is 5.91 Å². The molecule has 0 fully saturated rings. The van der Waals surface area contributed by atoms with E-state index >= 15 is 0 Å². The molecule has 1 atom stereocenters. The normalized spacial score (nSPS) is 12.8. The van der Waals surface area contributed by atoms with Gasteiger partial charge in [0.05, 0.1) is 18.6 Å². The third kappa shape index (κ3) is 5.18. The van der Waals surface area contributed by atoms with Crippen molar-refractivity contribution < 1.29 is 17.9 Å². The van der Waals surface area contributed by atoms with Crippen LogP contribution in [0, 0.1) is 5.92 Å². The number of ether oxygens (including phenoxy) is 1. The number of para-hydroxylation sites is 2. The largest absolute Gasteiger partial charge is 0.495 e. The SMILES string of the molecule is COc1ccccc1NC(=O)CS(=O)(=O)CC(C)CN. The fourth-order valence-electron chi connectivity index (χ4n) is 1.69. The van der Waals surface area contributed by atoms with E-state index in [1.165, 1.54) is 7.11 Å². The van der Waals surface area contributed by atoms with Gasteiger partial charge in [-0.2, -0.15) is 0 Å². The van der Waals surface area contributed by atoms with Gasteiger partial charge in [-0.05, 0) is 24.6 Å². The zero-order chi connectivity index (χ0) is 15.2. The first kappa shape index (κ1) is 16.5. The number of rotatable bonds is 7. The topological polar surface area (TPSA) is 98.5 Å². The maximum absolute atomic E-state index is 11.8. The highest BCUT2D eigenvalue weighted by Gasteiger charge is 2.20. The molecule has 0 saturated carbocycles. The molecular formula is C13H20N2O4S. The second-order valence-electron chi connectivity index (χ2n) is 4.64. The number of hydrogen-bond acceptors (Lipinski definition) is 5. The third-order valence-corrected chi connectivity index (χ3v) is 4.45. The molecule has 1 amide bonds. The molecular weight excluding hydrogens is 280 g/mol. The molecule has 1 aromatic rings. The van der Waals surface area contributed by atoms with Gasteiger partial charge in [-0.1, -0.05) is 19.1 Å². The smallest absolute Gasteiger partial charge is 0.239 e. The van der Waals surface area contributed by atoms with Crippen LogP contribution < -0.4 is 15.8 Å². The molecule has 1 aromatic carbocycles. The van der Waals surface area contributed by atoms with Gasteiger partial charge in [0.15, 0.2) is 9.84 Å². The number of amides is 1. The molecule has 3 N–H and O–H groups in total. The maximum atomic E-state index is 11.8. The standard InChI is InChI=1S/C13H20N2O4S/c1-10(7-14)8-20(17,18)9-13(16)15-11-5-3-4-6-12(11)19-2/h3-6,10H,7-9,14H2,1-2H3,(H,15,16). The summed E-state index contributed by atoms with van der Waals surface area (Å²) in [7, 11) is -1.99. The lowest BCUT2D eigenvalue weighted by Crippen LogP contribution is -2.29. The number of methoxy groups -OCH3 is 1. The zero-order valence-electron chi connectivity index (χ0n) is 11.6. The van der Waals surface area contributed by atoms with Gasteiger partial charge in [-0.3, -0.25) is 4.79 Å². The summed E-state index contributed by atoms with van der Waals surface area (Å²) in [5.41, 5.74) is 5.84. The highest BCUT2D eigenvalue weighted by Crippen LogP contribution is 2.22. The van der Waals surface area contributed by atoms with Crippen molar-refractivity contribution in [1.29, 1.82) is 0 Å². The van der Waals surface area contributed by atoms with Crippen LogP contribution in [0.3, 0.4) is 0 Å². The second kappa shape index (κ2) is 7.25. The molecule has 1 unspecified atom stereocenters. The van der Waals surface area contributed by atoms with Crippen molar-refractivity contribution in [1.82, 2.24) is 0 Å². The Bertz CT molecular complexity index is 557. The van der Waals surface area contributed by atoms with Crippen LogP contribution in [-0.2, 0) is 14.6 Å². The summed E-state index contributed by atoms with van der Waals surface area (Å²) < 4.78 is 28.7. The van der Waals surface area contributed by atoms with Crippen molar-refractivity contribution in [2.45, 2.75) is 6.92 Å². The van der Waals surface area contributed by atoms with E-state index in [1.807, 2.05) is 0 Å². The Balaban J connectivity index is 2.68. The van der Waals surface area contributed by atoms with E-state index in [1.54, 1.807) is 31.2 Å². The fraction of sp³-hybridized carbons (Fsp3) is 0.462. The number of hydrogen-bond donors (Lipinski definition) is 2. The van der Waals surface area contributed by atoms with Crippen LogP contribution in [0.1, 0.15) is 6.92 Å². The molecule has 6 nitrogen and oxygen atoms in total. The predicted molar refractivity (Wildman–Crippen MR) is 78.5 cm³/mol. The van der Waals surface area contributed by atoms with Gasteiger partial charge < -0.3 is 15.8 Å². The van der Waals surface area contributed by atoms with Crippen LogP contribution in [0.2, 0.25) is 0 Å². The van der Waals surface area contributed by atoms with Gasteiger partial charge in [0, 0.05) is 0 Å². The summed E-state index contributed by atoms with van der Waals surface area (Å²) >= 11 is 0. The lowest BCUT2D eigenvalue weighted by molar-refractivity contribution is -0.113. The Morgan fingerprint density at radius 3 is 2.65 bits per heavy atom. The van der Waals surface area contributed by atoms with Crippen molar-refractivity contribution in [2.75, 3.05) is 30.5 Å². The number of benzene rings is 1. The number of nitrogens with two attached hydrogens (primary N) is 1. The first-order valence-corrected chi connectivity index (χ1v) is 8.03. The van der Waals surface area contributed by atoms with Gasteiger partial charge in [0.1, 0.15) is 11.5 Å². The van der Waals surface area contributed by atoms with Crippen molar-refractivity contribution in [3.05, 3.63) is 24.3 Å². The molecule has 0 aliphatic heterocycles. The zero-order valence-corrected chi connectivity index (χ0v) is 12.4. The average Bonchev–Trinajstić information content (AvgIpc) is 2.37. The second-order valence-corrected chi connectivity index (χ2v) is 6.75. The highest BCUT2D eigenvalue weighted by molar-refractivity contribution is 7.92. The molecule has 1 rings (SSSR count). The molecule has 112 valence electrons. The monoisotopic (exact) mass is 300 g/mol. The summed E-state index contributed by atoms with van der Waals surface area (Å²) in [5, 5.41) is 2.53. The Morgan fingerprint density at radius 1 is 1.40 bits per heavy atom. The van der Waals surface area contributed by atoms with Gasteiger partial charge in [-0.15, -0.1) is 0 Å². The first-order chi connectivity index (χ1) is 9.38. The number of carbonyl (C=O) groups is 1. The highest BCUT2D eigenvalue weighted by atomic mass is 32.2. The minimum absolute atomic E-state index is 0.0944. The van der Waals surface area contributed by atoms with Gasteiger partial charge in [0.25, 0.3) is 0 Å². The molecule has 0 bridgehead atoms. The Hall–Kier alpha value is -1.60. The Labute approximate surface area is 119 Å². The molecule has 0 saturated heterocycles. The van der Waals surface area contributed by atoms with E-state index in [2.05, 4.69) is 5.32 Å². The lowest BCUT2D eigenvalue weighted by Gasteiger charge is -2.11. The first-order valence-electron chi connectivity index (χ1n) is 6.21. The van der Waals surface area contributed by atoms with E-state index in [9.17, 15) is 13.2 Å². The molecule has 0 aliphatic carbocycles. The van der Waals surface area contributed by atoms with E-state index in [-0.39, 0.29) is 18.2 Å². The molecule has 7 heteroatoms. The summed E-state index contributed by atoms with van der Waals surface area (Å²) in [4.78, 5) is 11.8. The maximum Gasteiger partial charge on any atom is 0.239 e. The van der Waals surface area contributed by atoms with Crippen LogP contribution in [-0.4, -0.2) is 39.5 Å². The Morgan fingerprint density at radius 2 is 2.05 bits per heavy atom. The molecule has 0 aliphatic rings. The lowest BCUT2D eigenvalue weighted by atomic mass is 10.2. The molecule has 0 radical (unpaired) electrons. The average molecular weight is 300 g/mol. The summed E-state index contributed by atoms with van der Waals surface area (Å²) in [6.45, 7) is 2.00. The number of carbonyl (C=O) groups excluding carboxylic acids is 1. The van der Waals surface area contributed by atoms with Crippen LogP contribution >= 0.6 is 0 Å². The van der Waals surface area contributed by atoms with E-state index in [0.717, 1.165) is 0 Å². The van der Waals surface area contributed by atoms with Gasteiger partial charge >= 0.3 is 0 Å². The van der Waals surface area contributed by atoms with Crippen LogP contribution in [0.15, 0.2) is 24.3 Å². The van der Waals surface area contributed by atoms with E-state index in [0.29, 0.717) is 11.4 Å². The number of nitrogens with one attached hydrogen (secondary N) is 1. The summed E-state index contributed by atoms with van der Waals surface area (Å²) in [6.07, 6.45) is 0. The summed E-state index contributed by atoms with van der Waals surface area (Å²) in [5.74, 6) is -0.926. The Kier molecular flexibility index (Phi) is 5.97. The molecule has 20 heavy (non-hydrogen) atoms. The molecule has 0 aromatic heterocycles. The van der Waals surface area contributed by atoms with Crippen molar-refractivity contribution >= 4 is 21.4 Å². The van der Waals surface area contributed by atoms with E-state index < -0.39 is 21.5 Å². The quantitative estimate of drug-likeness (QED) is 0.770. The molecule has 0 spiro atoms. The van der Waals surface area contributed by atoms with Crippen LogP contribution in [0.4, 0.5) is 5.69 Å².